The van der Waals surface area contributed by atoms with Gasteiger partial charge in [0.2, 0.25) is 6.79 Å². The maximum atomic E-state index is 12.6. The first-order valence-corrected chi connectivity index (χ1v) is 9.06. The van der Waals surface area contributed by atoms with Crippen LogP contribution in [-0.4, -0.2) is 17.3 Å². The van der Waals surface area contributed by atoms with E-state index in [1.165, 1.54) is 11.3 Å². The van der Waals surface area contributed by atoms with Gasteiger partial charge in [0.25, 0.3) is 5.91 Å². The molecule has 1 aliphatic rings. The predicted octanol–water partition coefficient (Wildman–Crippen LogP) is 3.89. The number of benzene rings is 2. The lowest BCUT2D eigenvalue weighted by Crippen LogP contribution is -2.16. The van der Waals surface area contributed by atoms with Crippen molar-refractivity contribution in [2.75, 3.05) is 6.79 Å². The van der Waals surface area contributed by atoms with Crippen molar-refractivity contribution in [1.29, 1.82) is 0 Å². The number of hydrogen-bond donors (Lipinski definition) is 0. The number of hydrogen-bond acceptors (Lipinski definition) is 4. The summed E-state index contributed by atoms with van der Waals surface area (Å²) in [5.41, 5.74) is 2.67. The SMILES string of the molecule is CCCn1c(=NC(=O)c2cccc(C)c2)sc2cc3c(cc21)OCO3. The molecule has 0 saturated carbocycles. The van der Waals surface area contributed by atoms with Crippen molar-refractivity contribution in [3.8, 4) is 11.5 Å². The predicted molar refractivity (Wildman–Crippen MR) is 97.3 cm³/mol. The molecule has 0 bridgehead atoms. The summed E-state index contributed by atoms with van der Waals surface area (Å²) >= 11 is 1.50. The number of nitrogens with zero attached hydrogens (tertiary/aromatic N) is 2. The van der Waals surface area contributed by atoms with Gasteiger partial charge < -0.3 is 14.0 Å². The van der Waals surface area contributed by atoms with Gasteiger partial charge in [-0.05, 0) is 25.5 Å². The first-order valence-electron chi connectivity index (χ1n) is 8.24. The normalized spacial score (nSPS) is 13.6. The number of aryl methyl sites for hydroxylation is 2. The zero-order valence-corrected chi connectivity index (χ0v) is 14.9. The highest BCUT2D eigenvalue weighted by Gasteiger charge is 2.18. The number of rotatable bonds is 3. The van der Waals surface area contributed by atoms with Crippen molar-refractivity contribution < 1.29 is 14.3 Å². The summed E-state index contributed by atoms with van der Waals surface area (Å²) < 4.78 is 14.1. The Bertz CT molecular complexity index is 1030. The largest absolute Gasteiger partial charge is 0.454 e. The first kappa shape index (κ1) is 15.9. The number of thiazole rings is 1. The molecule has 0 unspecified atom stereocenters. The molecule has 25 heavy (non-hydrogen) atoms. The van der Waals surface area contributed by atoms with Gasteiger partial charge in [0.05, 0.1) is 10.2 Å². The van der Waals surface area contributed by atoms with Gasteiger partial charge >= 0.3 is 0 Å². The lowest BCUT2D eigenvalue weighted by Gasteiger charge is -2.03. The van der Waals surface area contributed by atoms with E-state index in [0.717, 1.165) is 40.2 Å². The van der Waals surface area contributed by atoms with Crippen LogP contribution in [-0.2, 0) is 6.54 Å². The average molecular weight is 354 g/mol. The molecule has 2 heterocycles. The molecule has 1 amide bonds. The summed E-state index contributed by atoms with van der Waals surface area (Å²) in [6.07, 6.45) is 0.950. The van der Waals surface area contributed by atoms with Crippen LogP contribution >= 0.6 is 11.3 Å². The van der Waals surface area contributed by atoms with E-state index in [1.54, 1.807) is 6.07 Å². The molecule has 0 radical (unpaired) electrons. The molecule has 0 spiro atoms. The molecule has 2 aromatic carbocycles. The third kappa shape index (κ3) is 2.93. The number of carbonyl (C=O) groups is 1. The maximum Gasteiger partial charge on any atom is 0.279 e. The molecule has 4 rings (SSSR count). The van der Waals surface area contributed by atoms with Crippen molar-refractivity contribution >= 4 is 27.5 Å². The molecular formula is C19H18N2O3S. The molecular weight excluding hydrogens is 336 g/mol. The molecule has 6 heteroatoms. The summed E-state index contributed by atoms with van der Waals surface area (Å²) in [6.45, 7) is 5.12. The van der Waals surface area contributed by atoms with E-state index in [2.05, 4.69) is 16.5 Å². The topological polar surface area (TPSA) is 52.8 Å². The van der Waals surface area contributed by atoms with Gasteiger partial charge in [-0.15, -0.1) is 0 Å². The van der Waals surface area contributed by atoms with Gasteiger partial charge in [0, 0.05) is 24.2 Å². The highest BCUT2D eigenvalue weighted by Crippen LogP contribution is 2.37. The van der Waals surface area contributed by atoms with E-state index in [-0.39, 0.29) is 12.7 Å². The van der Waals surface area contributed by atoms with Crippen LogP contribution in [0.1, 0.15) is 29.3 Å². The second-order valence-corrected chi connectivity index (χ2v) is 7.01. The van der Waals surface area contributed by atoms with Crippen molar-refractivity contribution in [2.24, 2.45) is 4.99 Å². The highest BCUT2D eigenvalue weighted by atomic mass is 32.1. The fourth-order valence-corrected chi connectivity index (χ4v) is 3.98. The maximum absolute atomic E-state index is 12.6. The highest BCUT2D eigenvalue weighted by molar-refractivity contribution is 7.16. The third-order valence-corrected chi connectivity index (χ3v) is 5.13. The fourth-order valence-electron chi connectivity index (χ4n) is 2.91. The lowest BCUT2D eigenvalue weighted by molar-refractivity contribution is 0.0997. The minimum Gasteiger partial charge on any atom is -0.454 e. The summed E-state index contributed by atoms with van der Waals surface area (Å²) in [4.78, 5) is 17.7. The van der Waals surface area contributed by atoms with Crippen LogP contribution < -0.4 is 14.3 Å². The Kier molecular flexibility index (Phi) is 4.05. The van der Waals surface area contributed by atoms with Crippen LogP contribution in [0, 0.1) is 6.92 Å². The molecule has 0 saturated heterocycles. The minimum atomic E-state index is -0.222. The first-order chi connectivity index (χ1) is 12.2. The Morgan fingerprint density at radius 1 is 1.24 bits per heavy atom. The van der Waals surface area contributed by atoms with E-state index < -0.39 is 0 Å². The monoisotopic (exact) mass is 354 g/mol. The average Bonchev–Trinajstić information content (AvgIpc) is 3.18. The summed E-state index contributed by atoms with van der Waals surface area (Å²) in [6, 6.07) is 11.4. The molecule has 0 atom stereocenters. The van der Waals surface area contributed by atoms with Crippen molar-refractivity contribution in [3.63, 3.8) is 0 Å². The zero-order valence-electron chi connectivity index (χ0n) is 14.1. The lowest BCUT2D eigenvalue weighted by atomic mass is 10.1. The van der Waals surface area contributed by atoms with Crippen LogP contribution in [0.3, 0.4) is 0 Å². The second kappa shape index (κ2) is 6.37. The smallest absolute Gasteiger partial charge is 0.279 e. The van der Waals surface area contributed by atoms with Gasteiger partial charge in [-0.2, -0.15) is 4.99 Å². The van der Waals surface area contributed by atoms with E-state index in [0.29, 0.717) is 10.4 Å². The minimum absolute atomic E-state index is 0.222. The Morgan fingerprint density at radius 2 is 2.04 bits per heavy atom. The second-order valence-electron chi connectivity index (χ2n) is 6.00. The standard InChI is InChI=1S/C19H18N2O3S/c1-3-7-21-14-9-15-16(24-11-23-15)10-17(14)25-19(21)20-18(22)13-6-4-5-12(2)8-13/h4-6,8-10H,3,7,11H2,1-2H3. The van der Waals surface area contributed by atoms with Crippen molar-refractivity contribution in [1.82, 2.24) is 4.57 Å². The van der Waals surface area contributed by atoms with Crippen LogP contribution in [0.25, 0.3) is 10.2 Å². The molecule has 0 aliphatic carbocycles. The van der Waals surface area contributed by atoms with Gasteiger partial charge in [-0.3, -0.25) is 4.79 Å². The summed E-state index contributed by atoms with van der Waals surface area (Å²) in [7, 11) is 0. The summed E-state index contributed by atoms with van der Waals surface area (Å²) in [5, 5.41) is 0. The van der Waals surface area contributed by atoms with Crippen molar-refractivity contribution in [3.05, 3.63) is 52.3 Å². The zero-order chi connectivity index (χ0) is 17.4. The Morgan fingerprint density at radius 3 is 2.80 bits per heavy atom. The number of ether oxygens (including phenoxy) is 2. The molecule has 1 aliphatic heterocycles. The van der Waals surface area contributed by atoms with Gasteiger partial charge in [-0.25, -0.2) is 0 Å². The van der Waals surface area contributed by atoms with Gasteiger partial charge in [0.15, 0.2) is 16.3 Å². The van der Waals surface area contributed by atoms with Crippen LogP contribution in [0.2, 0.25) is 0 Å². The number of fused-ring (bicyclic) bond motifs is 2. The van der Waals surface area contributed by atoms with Crippen LogP contribution in [0.4, 0.5) is 0 Å². The van der Waals surface area contributed by atoms with Gasteiger partial charge in [0.1, 0.15) is 0 Å². The number of amides is 1. The molecule has 0 N–H and O–H groups in total. The Hall–Kier alpha value is -2.60. The van der Waals surface area contributed by atoms with Crippen molar-refractivity contribution in [2.45, 2.75) is 26.8 Å². The van der Waals surface area contributed by atoms with E-state index >= 15 is 0 Å². The van der Waals surface area contributed by atoms with Gasteiger partial charge in [-0.1, -0.05) is 36.0 Å². The van der Waals surface area contributed by atoms with Crippen LogP contribution in [0.15, 0.2) is 41.4 Å². The molecule has 0 fully saturated rings. The third-order valence-electron chi connectivity index (χ3n) is 4.09. The number of aromatic nitrogens is 1. The Labute approximate surface area is 149 Å². The Balaban J connectivity index is 1.85. The fraction of sp³-hybridized carbons (Fsp3) is 0.263. The van der Waals surface area contributed by atoms with E-state index in [4.69, 9.17) is 9.47 Å². The van der Waals surface area contributed by atoms with E-state index in [1.807, 2.05) is 37.3 Å². The molecule has 1 aromatic heterocycles. The molecule has 5 nitrogen and oxygen atoms in total. The molecule has 3 aromatic rings. The van der Waals surface area contributed by atoms with Crippen LogP contribution in [0.5, 0.6) is 11.5 Å². The molecule has 128 valence electrons. The number of carbonyl (C=O) groups excluding carboxylic acids is 1. The quantitative estimate of drug-likeness (QED) is 0.717. The van der Waals surface area contributed by atoms with E-state index in [9.17, 15) is 4.79 Å². The summed E-state index contributed by atoms with van der Waals surface area (Å²) in [5.74, 6) is 1.26.